The van der Waals surface area contributed by atoms with Crippen LogP contribution < -0.4 is 10.6 Å². The number of benzene rings is 1. The molecular formula is C18H24N4. The fraction of sp³-hybridized carbons (Fsp3) is 0.389. The van der Waals surface area contributed by atoms with E-state index in [1.165, 1.54) is 5.56 Å². The van der Waals surface area contributed by atoms with Crippen LogP contribution >= 0.6 is 0 Å². The maximum Gasteiger partial charge on any atom is 0.130 e. The van der Waals surface area contributed by atoms with Gasteiger partial charge in [0.15, 0.2) is 0 Å². The maximum absolute atomic E-state index is 4.35. The number of nitrogens with one attached hydrogen (secondary N) is 2. The minimum atomic E-state index is 0.615. The minimum absolute atomic E-state index is 0.615. The summed E-state index contributed by atoms with van der Waals surface area (Å²) >= 11 is 0. The largest absolute Gasteiger partial charge is 0.340 e. The number of hydrogen-bond acceptors (Lipinski definition) is 4. The Balaban J connectivity index is 1.66. The standard InChI is InChI=1S/C18H24N4/c1-15-14-19-11-13-22(15)12-9-16-6-2-3-7-17(16)21-18-8-4-5-10-20-18/h2-8,10,15,19H,9,11-14H2,1H3,(H,20,21). The average molecular weight is 296 g/mol. The number of piperazine rings is 1. The van der Waals surface area contributed by atoms with E-state index in [-0.39, 0.29) is 0 Å². The van der Waals surface area contributed by atoms with Crippen molar-refractivity contribution >= 4 is 11.5 Å². The second kappa shape index (κ2) is 7.38. The molecule has 2 heterocycles. The Morgan fingerprint density at radius 1 is 1.23 bits per heavy atom. The first kappa shape index (κ1) is 15.0. The van der Waals surface area contributed by atoms with Gasteiger partial charge in [-0.3, -0.25) is 4.90 Å². The first-order valence-electron chi connectivity index (χ1n) is 8.03. The van der Waals surface area contributed by atoms with Crippen LogP contribution in [0.1, 0.15) is 12.5 Å². The molecule has 22 heavy (non-hydrogen) atoms. The van der Waals surface area contributed by atoms with Crippen molar-refractivity contribution in [2.24, 2.45) is 0 Å². The zero-order valence-corrected chi connectivity index (χ0v) is 13.1. The van der Waals surface area contributed by atoms with Crippen LogP contribution in [-0.4, -0.2) is 42.1 Å². The molecule has 1 aliphatic rings. The van der Waals surface area contributed by atoms with Crippen molar-refractivity contribution in [3.63, 3.8) is 0 Å². The van der Waals surface area contributed by atoms with E-state index in [9.17, 15) is 0 Å². The lowest BCUT2D eigenvalue weighted by atomic mass is 10.1. The molecule has 0 radical (unpaired) electrons. The van der Waals surface area contributed by atoms with Crippen LogP contribution in [0, 0.1) is 0 Å². The lowest BCUT2D eigenvalue weighted by Crippen LogP contribution is -2.50. The Morgan fingerprint density at radius 2 is 2.09 bits per heavy atom. The van der Waals surface area contributed by atoms with Gasteiger partial charge in [0.1, 0.15) is 5.82 Å². The second-order valence-corrected chi connectivity index (χ2v) is 5.84. The summed E-state index contributed by atoms with van der Waals surface area (Å²) in [6.07, 6.45) is 2.87. The molecule has 3 rings (SSSR count). The summed E-state index contributed by atoms with van der Waals surface area (Å²) in [4.78, 5) is 6.91. The number of aromatic nitrogens is 1. The van der Waals surface area contributed by atoms with Gasteiger partial charge in [0.25, 0.3) is 0 Å². The summed E-state index contributed by atoms with van der Waals surface area (Å²) < 4.78 is 0. The van der Waals surface area contributed by atoms with E-state index in [0.717, 1.165) is 44.1 Å². The van der Waals surface area contributed by atoms with Crippen molar-refractivity contribution in [3.8, 4) is 0 Å². The number of hydrogen-bond donors (Lipinski definition) is 2. The summed E-state index contributed by atoms with van der Waals surface area (Å²) in [7, 11) is 0. The van der Waals surface area contributed by atoms with Crippen molar-refractivity contribution in [1.82, 2.24) is 15.2 Å². The Labute approximate surface area is 132 Å². The van der Waals surface area contributed by atoms with E-state index in [1.807, 2.05) is 24.4 Å². The molecule has 1 unspecified atom stereocenters. The first-order chi connectivity index (χ1) is 10.8. The fourth-order valence-corrected chi connectivity index (χ4v) is 2.91. The highest BCUT2D eigenvalue weighted by Gasteiger charge is 2.17. The highest BCUT2D eigenvalue weighted by atomic mass is 15.2. The number of nitrogens with zero attached hydrogens (tertiary/aromatic N) is 2. The molecule has 4 heteroatoms. The third kappa shape index (κ3) is 3.84. The SMILES string of the molecule is CC1CNCCN1CCc1ccccc1Nc1ccccn1. The Bertz CT molecular complexity index is 585. The smallest absolute Gasteiger partial charge is 0.130 e. The van der Waals surface area contributed by atoms with Crippen molar-refractivity contribution in [2.45, 2.75) is 19.4 Å². The Hall–Kier alpha value is -1.91. The molecule has 0 saturated carbocycles. The van der Waals surface area contributed by atoms with Gasteiger partial charge in [0.05, 0.1) is 0 Å². The summed E-state index contributed by atoms with van der Waals surface area (Å²) in [5.41, 5.74) is 2.50. The normalized spacial score (nSPS) is 19.0. The summed E-state index contributed by atoms with van der Waals surface area (Å²) in [6.45, 7) is 6.72. The van der Waals surface area contributed by atoms with Crippen LogP contribution in [0.5, 0.6) is 0 Å². The van der Waals surface area contributed by atoms with Gasteiger partial charge >= 0.3 is 0 Å². The van der Waals surface area contributed by atoms with Gasteiger partial charge in [0, 0.05) is 44.1 Å². The molecular weight excluding hydrogens is 272 g/mol. The van der Waals surface area contributed by atoms with Gasteiger partial charge in [0.2, 0.25) is 0 Å². The zero-order valence-electron chi connectivity index (χ0n) is 13.1. The zero-order chi connectivity index (χ0) is 15.2. The molecule has 4 nitrogen and oxygen atoms in total. The molecule has 1 aromatic heterocycles. The third-order valence-corrected chi connectivity index (χ3v) is 4.25. The van der Waals surface area contributed by atoms with Crippen LogP contribution in [-0.2, 0) is 6.42 Å². The number of pyridine rings is 1. The highest BCUT2D eigenvalue weighted by Crippen LogP contribution is 2.20. The third-order valence-electron chi connectivity index (χ3n) is 4.25. The lowest BCUT2D eigenvalue weighted by Gasteiger charge is -2.34. The number of rotatable bonds is 5. The average Bonchev–Trinajstić information content (AvgIpc) is 2.56. The quantitative estimate of drug-likeness (QED) is 0.890. The van der Waals surface area contributed by atoms with Gasteiger partial charge in [-0.15, -0.1) is 0 Å². The minimum Gasteiger partial charge on any atom is -0.340 e. The summed E-state index contributed by atoms with van der Waals surface area (Å²) in [5.74, 6) is 0.894. The number of anilines is 2. The van der Waals surface area contributed by atoms with Crippen LogP contribution in [0.2, 0.25) is 0 Å². The predicted octanol–water partition coefficient (Wildman–Crippen LogP) is 2.66. The molecule has 0 aliphatic carbocycles. The molecule has 116 valence electrons. The summed E-state index contributed by atoms with van der Waals surface area (Å²) in [5, 5.41) is 6.87. The van der Waals surface area contributed by atoms with Gasteiger partial charge in [-0.2, -0.15) is 0 Å². The van der Waals surface area contributed by atoms with Crippen molar-refractivity contribution in [1.29, 1.82) is 0 Å². The second-order valence-electron chi connectivity index (χ2n) is 5.84. The van der Waals surface area contributed by atoms with Crippen LogP contribution in [0.25, 0.3) is 0 Å². The summed E-state index contributed by atoms with van der Waals surface area (Å²) in [6, 6.07) is 15.1. The van der Waals surface area contributed by atoms with Gasteiger partial charge < -0.3 is 10.6 Å². The van der Waals surface area contributed by atoms with Crippen LogP contribution in [0.4, 0.5) is 11.5 Å². The number of para-hydroxylation sites is 1. The van der Waals surface area contributed by atoms with E-state index >= 15 is 0 Å². The molecule has 2 N–H and O–H groups in total. The van der Waals surface area contributed by atoms with Crippen LogP contribution in [0.3, 0.4) is 0 Å². The van der Waals surface area contributed by atoms with E-state index in [2.05, 4.69) is 51.7 Å². The van der Waals surface area contributed by atoms with Crippen molar-refractivity contribution < 1.29 is 0 Å². The maximum atomic E-state index is 4.35. The Kier molecular flexibility index (Phi) is 5.03. The van der Waals surface area contributed by atoms with Crippen molar-refractivity contribution in [2.75, 3.05) is 31.5 Å². The van der Waals surface area contributed by atoms with Crippen LogP contribution in [0.15, 0.2) is 48.7 Å². The van der Waals surface area contributed by atoms with Crippen molar-refractivity contribution in [3.05, 3.63) is 54.2 Å². The van der Waals surface area contributed by atoms with Gasteiger partial charge in [-0.05, 0) is 37.1 Å². The topological polar surface area (TPSA) is 40.2 Å². The monoisotopic (exact) mass is 296 g/mol. The van der Waals surface area contributed by atoms with E-state index in [0.29, 0.717) is 6.04 Å². The molecule has 0 spiro atoms. The van der Waals surface area contributed by atoms with Gasteiger partial charge in [-0.25, -0.2) is 4.98 Å². The molecule has 2 aromatic rings. The van der Waals surface area contributed by atoms with E-state index < -0.39 is 0 Å². The Morgan fingerprint density at radius 3 is 2.91 bits per heavy atom. The predicted molar refractivity (Wildman–Crippen MR) is 91.6 cm³/mol. The highest BCUT2D eigenvalue weighted by molar-refractivity contribution is 5.60. The molecule has 1 saturated heterocycles. The first-order valence-corrected chi connectivity index (χ1v) is 8.03. The molecule has 0 bridgehead atoms. The molecule has 0 amide bonds. The van der Waals surface area contributed by atoms with E-state index in [4.69, 9.17) is 0 Å². The van der Waals surface area contributed by atoms with E-state index in [1.54, 1.807) is 0 Å². The van der Waals surface area contributed by atoms with Gasteiger partial charge in [-0.1, -0.05) is 24.3 Å². The molecule has 1 aliphatic heterocycles. The lowest BCUT2D eigenvalue weighted by molar-refractivity contribution is 0.176. The molecule has 1 aromatic carbocycles. The molecule has 1 atom stereocenters. The molecule has 1 fully saturated rings. The fourth-order valence-electron chi connectivity index (χ4n) is 2.91.